The maximum absolute atomic E-state index is 13.1. The molecule has 0 radical (unpaired) electrons. The van der Waals surface area contributed by atoms with Gasteiger partial charge in [-0.15, -0.1) is 0 Å². The Morgan fingerprint density at radius 1 is 1.17 bits per heavy atom. The molecule has 1 aliphatic carbocycles. The van der Waals surface area contributed by atoms with Crippen LogP contribution in [0.2, 0.25) is 5.02 Å². The van der Waals surface area contributed by atoms with E-state index in [0.717, 1.165) is 5.56 Å². The number of halogens is 1. The minimum Gasteiger partial charge on any atom is -0.489 e. The van der Waals surface area contributed by atoms with Crippen molar-refractivity contribution < 1.29 is 9.53 Å². The van der Waals surface area contributed by atoms with E-state index in [4.69, 9.17) is 27.3 Å². The first-order chi connectivity index (χ1) is 13.6. The van der Waals surface area contributed by atoms with Crippen molar-refractivity contribution in [3.05, 3.63) is 58.1 Å². The highest BCUT2D eigenvalue weighted by molar-refractivity contribution is 6.31. The van der Waals surface area contributed by atoms with E-state index in [2.05, 4.69) is 33.8 Å². The molecule has 2 aromatic rings. The zero-order valence-corrected chi connectivity index (χ0v) is 17.7. The summed E-state index contributed by atoms with van der Waals surface area (Å²) in [7, 11) is 0. The van der Waals surface area contributed by atoms with Crippen LogP contribution < -0.4 is 10.5 Å². The number of carbonyl (C=O) groups excluding carboxylic acids is 1. The molecule has 0 atom stereocenters. The second-order valence-electron chi connectivity index (χ2n) is 9.15. The Labute approximate surface area is 176 Å². The molecule has 1 saturated carbocycles. The van der Waals surface area contributed by atoms with Crippen molar-refractivity contribution in [2.24, 2.45) is 10.8 Å². The lowest BCUT2D eigenvalue weighted by atomic mass is 9.49. The molecule has 5 nitrogen and oxygen atoms in total. The van der Waals surface area contributed by atoms with Gasteiger partial charge in [0, 0.05) is 40.7 Å². The molecule has 1 aliphatic heterocycles. The minimum atomic E-state index is -0.271. The number of anilines is 1. The molecule has 0 saturated heterocycles. The summed E-state index contributed by atoms with van der Waals surface area (Å²) in [4.78, 5) is 15.1. The lowest BCUT2D eigenvalue weighted by Gasteiger charge is -2.65. The van der Waals surface area contributed by atoms with Crippen molar-refractivity contribution in [3.8, 4) is 11.8 Å². The second-order valence-corrected chi connectivity index (χ2v) is 9.55. The number of nitrogen functional groups attached to an aromatic ring is 1. The molecule has 1 fully saturated rings. The molecule has 2 aromatic carbocycles. The maximum Gasteiger partial charge on any atom is 0.254 e. The molecule has 0 unspecified atom stereocenters. The van der Waals surface area contributed by atoms with E-state index in [9.17, 15) is 4.79 Å². The fourth-order valence-electron chi connectivity index (χ4n) is 5.56. The van der Waals surface area contributed by atoms with Crippen LogP contribution in [-0.2, 0) is 6.54 Å². The number of nitrogens with zero attached hydrogens (tertiary/aromatic N) is 2. The molecular formula is C23H24ClN3O2. The number of fused-ring (bicyclic) bond motifs is 1. The van der Waals surface area contributed by atoms with Crippen molar-refractivity contribution in [2.45, 2.75) is 46.4 Å². The van der Waals surface area contributed by atoms with Gasteiger partial charge < -0.3 is 15.4 Å². The number of nitrogens with two attached hydrogens (primary N) is 1. The van der Waals surface area contributed by atoms with E-state index in [1.165, 1.54) is 0 Å². The summed E-state index contributed by atoms with van der Waals surface area (Å²) >= 11 is 6.17. The van der Waals surface area contributed by atoms with Crippen LogP contribution in [0.15, 0.2) is 36.4 Å². The quantitative estimate of drug-likeness (QED) is 0.749. The Balaban J connectivity index is 1.60. The van der Waals surface area contributed by atoms with Crippen LogP contribution in [-0.4, -0.2) is 23.0 Å². The van der Waals surface area contributed by atoms with Gasteiger partial charge in [-0.25, -0.2) is 0 Å². The van der Waals surface area contributed by atoms with Gasteiger partial charge in [0.15, 0.2) is 0 Å². The molecule has 0 bridgehead atoms. The van der Waals surface area contributed by atoms with Crippen LogP contribution >= 0.6 is 11.6 Å². The molecule has 29 heavy (non-hydrogen) atoms. The highest BCUT2D eigenvalue weighted by Crippen LogP contribution is 2.59. The molecular weight excluding hydrogens is 386 g/mol. The summed E-state index contributed by atoms with van der Waals surface area (Å²) in [5, 5.41) is 9.44. The number of nitriles is 1. The highest BCUT2D eigenvalue weighted by Gasteiger charge is 2.66. The number of rotatable bonds is 3. The number of ether oxygens (including phenoxy) is 1. The van der Waals surface area contributed by atoms with Gasteiger partial charge in [0.25, 0.3) is 5.91 Å². The van der Waals surface area contributed by atoms with E-state index in [1.54, 1.807) is 24.3 Å². The molecule has 1 amide bonds. The normalized spacial score (nSPS) is 23.9. The van der Waals surface area contributed by atoms with Gasteiger partial charge in [-0.1, -0.05) is 45.4 Å². The average Bonchev–Trinajstić information content (AvgIpc) is 2.95. The molecule has 150 valence electrons. The van der Waals surface area contributed by atoms with Crippen LogP contribution in [0.4, 0.5) is 5.69 Å². The van der Waals surface area contributed by atoms with Crippen molar-refractivity contribution >= 4 is 23.2 Å². The summed E-state index contributed by atoms with van der Waals surface area (Å²) in [5.74, 6) is 0.653. The second kappa shape index (κ2) is 6.40. The van der Waals surface area contributed by atoms with Crippen molar-refractivity contribution in [3.63, 3.8) is 0 Å². The molecule has 2 N–H and O–H groups in total. The number of hydrogen-bond donors (Lipinski definition) is 1. The Kier molecular flexibility index (Phi) is 4.32. The van der Waals surface area contributed by atoms with E-state index in [0.29, 0.717) is 34.1 Å². The van der Waals surface area contributed by atoms with Gasteiger partial charge in [0.1, 0.15) is 17.9 Å². The third kappa shape index (κ3) is 2.86. The minimum absolute atomic E-state index is 0.00924. The molecule has 6 heteroatoms. The lowest BCUT2D eigenvalue weighted by Crippen LogP contribution is -2.74. The SMILES string of the molecule is CC1(C)[C@H](Oc2ccc(C#N)c(Cl)c2)C(C)(C)[C@H]1N1Cc2ccc(N)cc2C1=O. The first-order valence-corrected chi connectivity index (χ1v) is 10.0. The number of amides is 1. The first-order valence-electron chi connectivity index (χ1n) is 9.63. The number of hydrogen-bond acceptors (Lipinski definition) is 4. The predicted molar refractivity (Wildman–Crippen MR) is 113 cm³/mol. The van der Waals surface area contributed by atoms with E-state index < -0.39 is 0 Å². The van der Waals surface area contributed by atoms with Crippen LogP contribution in [0.5, 0.6) is 5.75 Å². The fourth-order valence-corrected chi connectivity index (χ4v) is 5.77. The van der Waals surface area contributed by atoms with Gasteiger partial charge in [0.05, 0.1) is 10.6 Å². The third-order valence-corrected chi connectivity index (χ3v) is 6.67. The predicted octanol–water partition coefficient (Wildman–Crippen LogP) is 4.63. The van der Waals surface area contributed by atoms with Crippen molar-refractivity contribution in [1.29, 1.82) is 5.26 Å². The molecule has 0 aromatic heterocycles. The average molecular weight is 410 g/mol. The smallest absolute Gasteiger partial charge is 0.254 e. The molecule has 2 aliphatic rings. The van der Waals surface area contributed by atoms with Gasteiger partial charge in [-0.2, -0.15) is 5.26 Å². The molecule has 1 heterocycles. The van der Waals surface area contributed by atoms with Crippen LogP contribution in [0.1, 0.15) is 49.2 Å². The van der Waals surface area contributed by atoms with E-state index >= 15 is 0 Å². The van der Waals surface area contributed by atoms with Gasteiger partial charge >= 0.3 is 0 Å². The summed E-state index contributed by atoms with van der Waals surface area (Å²) in [6.45, 7) is 9.10. The van der Waals surface area contributed by atoms with E-state index in [1.807, 2.05) is 17.0 Å². The largest absolute Gasteiger partial charge is 0.489 e. The van der Waals surface area contributed by atoms with Gasteiger partial charge in [0.2, 0.25) is 0 Å². The van der Waals surface area contributed by atoms with Crippen LogP contribution in [0, 0.1) is 22.2 Å². The zero-order chi connectivity index (χ0) is 21.1. The summed E-state index contributed by atoms with van der Waals surface area (Å²) < 4.78 is 6.33. The van der Waals surface area contributed by atoms with Gasteiger partial charge in [-0.3, -0.25) is 4.79 Å². The highest BCUT2D eigenvalue weighted by atomic mass is 35.5. The third-order valence-electron chi connectivity index (χ3n) is 6.35. The first kappa shape index (κ1) is 19.6. The zero-order valence-electron chi connectivity index (χ0n) is 17.0. The summed E-state index contributed by atoms with van der Waals surface area (Å²) in [6, 6.07) is 12.7. The summed E-state index contributed by atoms with van der Waals surface area (Å²) in [5.41, 5.74) is 8.07. The topological polar surface area (TPSA) is 79.3 Å². The molecule has 0 spiro atoms. The standard InChI is InChI=1S/C23H24ClN3O2/c1-22(2)20(27-12-14-5-7-15(26)9-17(14)19(27)28)23(3,4)21(22)29-16-8-6-13(11-25)18(24)10-16/h5-10,20-21H,12,26H2,1-4H3/t20-,21-. The van der Waals surface area contributed by atoms with Crippen LogP contribution in [0.3, 0.4) is 0 Å². The van der Waals surface area contributed by atoms with E-state index in [-0.39, 0.29) is 28.9 Å². The lowest BCUT2D eigenvalue weighted by molar-refractivity contribution is -0.199. The summed E-state index contributed by atoms with van der Waals surface area (Å²) in [6.07, 6.45) is -0.120. The maximum atomic E-state index is 13.1. The Bertz CT molecular complexity index is 1040. The Morgan fingerprint density at radius 3 is 2.48 bits per heavy atom. The number of benzene rings is 2. The number of carbonyl (C=O) groups is 1. The van der Waals surface area contributed by atoms with Crippen LogP contribution in [0.25, 0.3) is 0 Å². The molecule has 4 rings (SSSR count). The van der Waals surface area contributed by atoms with Crippen molar-refractivity contribution in [2.75, 3.05) is 5.73 Å². The fraction of sp³-hybridized carbons (Fsp3) is 0.391. The van der Waals surface area contributed by atoms with Gasteiger partial charge in [-0.05, 0) is 29.8 Å². The Morgan fingerprint density at radius 2 is 1.86 bits per heavy atom. The van der Waals surface area contributed by atoms with Crippen molar-refractivity contribution in [1.82, 2.24) is 4.90 Å². The monoisotopic (exact) mass is 409 g/mol. The Hall–Kier alpha value is -2.71.